The van der Waals surface area contributed by atoms with Crippen molar-refractivity contribution in [2.45, 2.75) is 105 Å². The minimum Gasteiger partial charge on any atom is -0.304 e. The van der Waals surface area contributed by atoms with Gasteiger partial charge < -0.3 is 18.3 Å². The number of para-hydroxylation sites is 8. The average Bonchev–Trinajstić information content (AvgIpc) is 1.58. The lowest BCUT2D eigenvalue weighted by Crippen LogP contribution is -2.21. The maximum Gasteiger partial charge on any atom is 0.216 e. The molecule has 12 nitrogen and oxygen atoms in total. The number of nitrogens with zero attached hydrogens (tertiary/aromatic N) is 12. The number of aromatic nitrogens is 12. The summed E-state index contributed by atoms with van der Waals surface area (Å²) in [7, 11) is 0. The lowest BCUT2D eigenvalue weighted by Gasteiger charge is -2.22. The normalized spacial score (nSPS) is 12.4. The highest BCUT2D eigenvalue weighted by molar-refractivity contribution is 7.26. The maximum absolute atomic E-state index is 5.03. The van der Waals surface area contributed by atoms with Crippen LogP contribution in [0.2, 0.25) is 0 Å². The second-order valence-corrected chi connectivity index (χ2v) is 37.4. The summed E-state index contributed by atoms with van der Waals surface area (Å²) in [5.41, 5.74) is 32.8. The maximum atomic E-state index is 5.03. The van der Waals surface area contributed by atoms with Gasteiger partial charge in [-0.25, -0.2) is 19.9 Å². The van der Waals surface area contributed by atoms with E-state index in [0.717, 1.165) is 67.2 Å². The minimum atomic E-state index is -0.0859. The van der Waals surface area contributed by atoms with E-state index in [9.17, 15) is 0 Å². The number of fused-ring (bicyclic) bond motifs is 23. The number of thiophene rings is 1. The molecule has 0 fully saturated rings. The first kappa shape index (κ1) is 76.0. The van der Waals surface area contributed by atoms with Crippen LogP contribution >= 0.6 is 11.3 Å². The van der Waals surface area contributed by atoms with Gasteiger partial charge in [0, 0.05) is 42.3 Å². The Morgan fingerprint density at radius 1 is 0.195 bits per heavy atom. The van der Waals surface area contributed by atoms with E-state index in [0.29, 0.717) is 0 Å². The average molecular weight is 1620 g/mol. The quantitative estimate of drug-likeness (QED) is 0.166. The first-order valence-corrected chi connectivity index (χ1v) is 43.3. The van der Waals surface area contributed by atoms with Crippen LogP contribution in [0, 0.1) is 0 Å². The number of hydrogen-bond acceptors (Lipinski definition) is 5. The van der Waals surface area contributed by atoms with Crippen LogP contribution in [-0.2, 0) is 22.2 Å². The van der Waals surface area contributed by atoms with Crippen molar-refractivity contribution in [1.29, 1.82) is 0 Å². The van der Waals surface area contributed by atoms with Gasteiger partial charge in [0.25, 0.3) is 0 Å². The molecule has 0 saturated carbocycles. The lowest BCUT2D eigenvalue weighted by molar-refractivity contribution is 0.418. The largest absolute Gasteiger partial charge is 0.304 e. The molecular formula is C110H94N12S. The predicted octanol–water partition coefficient (Wildman–Crippen LogP) is 29.2. The first-order valence-electron chi connectivity index (χ1n) is 42.5. The Hall–Kier alpha value is -14.4. The Kier molecular flexibility index (Phi) is 18.1. The molecule has 9 heterocycles. The van der Waals surface area contributed by atoms with Gasteiger partial charge in [0.05, 0.1) is 88.3 Å². The van der Waals surface area contributed by atoms with E-state index in [1.54, 1.807) is 0 Å². The highest BCUT2D eigenvalue weighted by atomic mass is 32.1. The fourth-order valence-electron chi connectivity index (χ4n) is 18.6. The van der Waals surface area contributed by atoms with Crippen LogP contribution in [0.4, 0.5) is 0 Å². The van der Waals surface area contributed by atoms with E-state index in [2.05, 4.69) is 465 Å². The van der Waals surface area contributed by atoms with Gasteiger partial charge in [-0.3, -0.25) is 17.6 Å². The molecular weight excluding hydrogens is 1520 g/mol. The summed E-state index contributed by atoms with van der Waals surface area (Å²) in [6, 6.07) is 125. The molecule has 123 heavy (non-hydrogen) atoms. The topological polar surface area (TPSA) is 88.9 Å². The number of imidazole rings is 8. The molecule has 0 atom stereocenters. The van der Waals surface area contributed by atoms with Crippen molar-refractivity contribution in [1.82, 2.24) is 55.8 Å². The molecule has 13 heteroatoms. The van der Waals surface area contributed by atoms with Crippen molar-refractivity contribution < 1.29 is 0 Å². The van der Waals surface area contributed by atoms with E-state index in [4.69, 9.17) is 19.9 Å². The molecule has 24 rings (SSSR count). The van der Waals surface area contributed by atoms with Crippen LogP contribution in [0.3, 0.4) is 0 Å². The predicted molar refractivity (Wildman–Crippen MR) is 518 cm³/mol. The van der Waals surface area contributed by atoms with Crippen LogP contribution in [0.15, 0.2) is 352 Å². The second kappa shape index (κ2) is 29.2. The Morgan fingerprint density at radius 3 is 0.821 bits per heavy atom. The highest BCUT2D eigenvalue weighted by Crippen LogP contribution is 2.44. The molecule has 0 aliphatic carbocycles. The van der Waals surface area contributed by atoms with Crippen molar-refractivity contribution in [2.75, 3.05) is 0 Å². The van der Waals surface area contributed by atoms with Gasteiger partial charge in [0.1, 0.15) is 0 Å². The summed E-state index contributed by atoms with van der Waals surface area (Å²) in [5.74, 6) is 3.98. The van der Waals surface area contributed by atoms with E-state index < -0.39 is 0 Å². The molecule has 24 aromatic rings. The fraction of sp³-hybridized carbons (Fsp3) is 0.145. The molecule has 0 bridgehead atoms. The van der Waals surface area contributed by atoms with Gasteiger partial charge in [-0.1, -0.05) is 243 Å². The van der Waals surface area contributed by atoms with E-state index in [-0.39, 0.29) is 22.2 Å². The first-order chi connectivity index (χ1) is 59.6. The third kappa shape index (κ3) is 13.1. The van der Waals surface area contributed by atoms with Crippen molar-refractivity contribution in [3.8, 4) is 66.8 Å². The second-order valence-electron chi connectivity index (χ2n) is 36.3. The van der Waals surface area contributed by atoms with Crippen LogP contribution in [0.25, 0.3) is 198 Å². The summed E-state index contributed by atoms with van der Waals surface area (Å²) in [5, 5.41) is 2.67. The SMILES string of the molecule is CC(C)(C)n1c2ccc(-c3ccc(-c4ccccc4)cc3)cc2n2c3ccccc3nc12.CC(C)(C)n1c2ccc(-c3cccc(-c4ccccc4)c3)cc2n2c3ccccc3nc12.CC(C)(C)n1c2ccc(-c3cccc4c3sc3ccccc34)cc2n2c3ccccc3nc12.CC(C)(C)n1c2ccc(-c3ccccc3)cc2n2c3ccccc3nc12. The summed E-state index contributed by atoms with van der Waals surface area (Å²) in [6.07, 6.45) is 0. The molecule has 0 aliphatic heterocycles. The van der Waals surface area contributed by atoms with Crippen molar-refractivity contribution in [3.05, 3.63) is 352 Å². The van der Waals surface area contributed by atoms with Gasteiger partial charge >= 0.3 is 0 Å². The fourth-order valence-corrected chi connectivity index (χ4v) is 19.8. The summed E-state index contributed by atoms with van der Waals surface area (Å²) in [6.45, 7) is 26.9. The van der Waals surface area contributed by atoms with Gasteiger partial charge in [-0.05, 0) is 259 Å². The zero-order valence-corrected chi connectivity index (χ0v) is 72.1. The minimum absolute atomic E-state index is 0.0569. The zero-order valence-electron chi connectivity index (χ0n) is 71.3. The molecule has 600 valence electrons. The number of hydrogen-bond donors (Lipinski definition) is 0. The van der Waals surface area contributed by atoms with E-state index in [1.165, 1.54) is 131 Å². The number of rotatable bonds is 6. The Balaban J connectivity index is 0.000000101. The summed E-state index contributed by atoms with van der Waals surface area (Å²) < 4.78 is 21.3. The van der Waals surface area contributed by atoms with Crippen molar-refractivity contribution in [2.24, 2.45) is 0 Å². The molecule has 0 aliphatic rings. The number of benzene rings is 15. The Labute approximate surface area is 717 Å². The summed E-state index contributed by atoms with van der Waals surface area (Å²) >= 11 is 1.88. The molecule has 0 radical (unpaired) electrons. The van der Waals surface area contributed by atoms with Crippen molar-refractivity contribution in [3.63, 3.8) is 0 Å². The lowest BCUT2D eigenvalue weighted by atomic mass is 9.98. The van der Waals surface area contributed by atoms with Gasteiger partial charge in [-0.15, -0.1) is 11.3 Å². The van der Waals surface area contributed by atoms with Crippen LogP contribution in [0.5, 0.6) is 0 Å². The highest BCUT2D eigenvalue weighted by Gasteiger charge is 2.30. The third-order valence-electron chi connectivity index (χ3n) is 23.9. The van der Waals surface area contributed by atoms with Crippen molar-refractivity contribution >= 4 is 143 Å². The van der Waals surface area contributed by atoms with E-state index in [1.807, 2.05) is 17.4 Å². The van der Waals surface area contributed by atoms with Gasteiger partial charge in [0.15, 0.2) is 0 Å². The third-order valence-corrected chi connectivity index (χ3v) is 25.2. The van der Waals surface area contributed by atoms with Crippen LogP contribution in [0.1, 0.15) is 83.1 Å². The molecule has 0 N–H and O–H groups in total. The summed E-state index contributed by atoms with van der Waals surface area (Å²) in [4.78, 5) is 20.0. The smallest absolute Gasteiger partial charge is 0.216 e. The van der Waals surface area contributed by atoms with Crippen LogP contribution in [-0.4, -0.2) is 55.8 Å². The molecule has 0 spiro atoms. The van der Waals surface area contributed by atoms with Gasteiger partial charge in [0.2, 0.25) is 23.1 Å². The van der Waals surface area contributed by atoms with Gasteiger partial charge in [-0.2, -0.15) is 0 Å². The Morgan fingerprint density at radius 2 is 0.447 bits per heavy atom. The molecule has 0 amide bonds. The zero-order chi connectivity index (χ0) is 84.0. The molecule has 15 aromatic carbocycles. The molecule has 0 saturated heterocycles. The Bertz CT molecular complexity index is 8210. The monoisotopic (exact) mass is 1610 g/mol. The van der Waals surface area contributed by atoms with E-state index >= 15 is 0 Å². The van der Waals surface area contributed by atoms with Crippen LogP contribution < -0.4 is 0 Å². The molecule has 0 unspecified atom stereocenters. The standard InChI is InChI=1S/C29H23N3S.2C29H25N3.C23H21N3/c1-29(2,3)32-24-16-15-18(17-25(24)31-23-13-6-5-12-22(23)30-28(31)32)19-10-8-11-21-20-9-4-7-14-26(20)33-27(19)21;1-29(2,3)32-26-17-16-23(22-13-9-12-21(18-22)20-10-5-4-6-11-20)19-27(26)31-25-15-8-7-14-24(25)30-28(31)32;1-29(2,3)32-26-18-17-23(22-15-13-21(14-16-22)20-9-5-4-6-10-20)19-27(26)31-25-12-8-7-11-24(25)30-28(31)32;1-23(2,3)26-20-14-13-17(16-9-5-4-6-10-16)15-21(20)25-19-12-8-7-11-18(19)24-22(25)26/h4-17H,1-3H3;2*4-19H,1-3H3;4-15H,1-3H3. The molecule has 9 aromatic heterocycles.